The Kier molecular flexibility index (Phi) is 23.7. The number of nitro benzene ring substituents is 1. The molecule has 0 amide bonds. The summed E-state index contributed by atoms with van der Waals surface area (Å²) in [4.78, 5) is 10.7. The molecule has 6 nitrogen and oxygen atoms in total. The maximum absolute atomic E-state index is 13.6. The molecule has 0 unspecified atom stereocenters. The second-order valence-corrected chi connectivity index (χ2v) is 14.7. The summed E-state index contributed by atoms with van der Waals surface area (Å²) in [7, 11) is -4.06. The quantitative estimate of drug-likeness (QED) is 0.0350. The molecule has 1 rings (SSSR count). The van der Waals surface area contributed by atoms with E-state index in [2.05, 4.69) is 20.8 Å². The normalized spacial score (nSPS) is 12.2. The molecule has 0 bridgehead atoms. The van der Waals surface area contributed by atoms with E-state index in [1.807, 2.05) is 0 Å². The molecule has 0 saturated carbocycles. The lowest BCUT2D eigenvalue weighted by Crippen LogP contribution is -2.35. The Labute approximate surface area is 271 Å². The van der Waals surface area contributed by atoms with Crippen molar-refractivity contribution in [3.05, 3.63) is 34.4 Å². The molecule has 0 saturated heterocycles. The van der Waals surface area contributed by atoms with E-state index in [0.29, 0.717) is 0 Å². The highest BCUT2D eigenvalue weighted by Crippen LogP contribution is 2.36. The summed E-state index contributed by atoms with van der Waals surface area (Å²) in [6.45, 7) is 6.72. The Balaban J connectivity index is 2.97. The van der Waals surface area contributed by atoms with Crippen LogP contribution >= 0.6 is 0 Å². The summed E-state index contributed by atoms with van der Waals surface area (Å²) in [6.07, 6.45) is 31.1. The van der Waals surface area contributed by atoms with E-state index in [-0.39, 0.29) is 10.6 Å². The third kappa shape index (κ3) is 19.1. The molecule has 0 aliphatic rings. The van der Waals surface area contributed by atoms with Crippen molar-refractivity contribution in [1.82, 2.24) is 0 Å². The molecular formula is C37H67NO5S. The number of non-ortho nitro benzene ring substituents is 1. The highest BCUT2D eigenvalue weighted by Gasteiger charge is 2.36. The van der Waals surface area contributed by atoms with Crippen LogP contribution in [0.3, 0.4) is 0 Å². The zero-order chi connectivity index (χ0) is 32.4. The minimum atomic E-state index is -4.06. The summed E-state index contributed by atoms with van der Waals surface area (Å²) in [5.74, 6) is 0. The molecule has 0 spiro atoms. The van der Waals surface area contributed by atoms with Crippen molar-refractivity contribution >= 4 is 15.8 Å². The van der Waals surface area contributed by atoms with E-state index in [4.69, 9.17) is 4.18 Å². The molecule has 0 aliphatic heterocycles. The van der Waals surface area contributed by atoms with Gasteiger partial charge in [-0.25, -0.2) is 0 Å². The van der Waals surface area contributed by atoms with Gasteiger partial charge in [-0.15, -0.1) is 0 Å². The fourth-order valence-corrected chi connectivity index (χ4v) is 7.54. The third-order valence-electron chi connectivity index (χ3n) is 9.08. The van der Waals surface area contributed by atoms with E-state index < -0.39 is 20.6 Å². The number of rotatable bonds is 31. The Morgan fingerprint density at radius 1 is 0.545 bits per heavy atom. The van der Waals surface area contributed by atoms with Gasteiger partial charge >= 0.3 is 0 Å². The molecule has 0 aliphatic carbocycles. The standard InChI is InChI=1S/C37H67NO5S/c1-4-7-10-13-16-19-22-25-32-37(33-26-23-20-17-14-11-8-5-2,34-27-24-21-18-15-12-9-6-3)43-44(41,42)36-30-28-35(29-31-36)38(39)40/h28-31H,4-27,32-34H2,1-3H3. The van der Waals surface area contributed by atoms with Crippen LogP contribution in [0.4, 0.5) is 5.69 Å². The first-order chi connectivity index (χ1) is 21.3. The molecule has 44 heavy (non-hydrogen) atoms. The summed E-state index contributed by atoms with van der Waals surface area (Å²) in [5, 5.41) is 11.2. The lowest BCUT2D eigenvalue weighted by Gasteiger charge is -2.34. The number of unbranched alkanes of at least 4 members (excludes halogenated alkanes) is 21. The van der Waals surface area contributed by atoms with Crippen LogP contribution in [0.15, 0.2) is 29.2 Å². The third-order valence-corrected chi connectivity index (χ3v) is 10.5. The van der Waals surface area contributed by atoms with Crippen LogP contribution in [0, 0.1) is 10.1 Å². The molecule has 7 heteroatoms. The average molecular weight is 638 g/mol. The molecule has 0 atom stereocenters. The molecule has 0 N–H and O–H groups in total. The van der Waals surface area contributed by atoms with Gasteiger partial charge in [0.1, 0.15) is 0 Å². The van der Waals surface area contributed by atoms with Crippen molar-refractivity contribution in [2.24, 2.45) is 0 Å². The van der Waals surface area contributed by atoms with Gasteiger partial charge in [-0.1, -0.05) is 175 Å². The van der Waals surface area contributed by atoms with E-state index in [1.54, 1.807) is 0 Å². The van der Waals surface area contributed by atoms with Gasteiger partial charge < -0.3 is 0 Å². The number of hydrogen-bond acceptors (Lipinski definition) is 5. The zero-order valence-electron chi connectivity index (χ0n) is 28.8. The zero-order valence-corrected chi connectivity index (χ0v) is 29.6. The summed E-state index contributed by atoms with van der Waals surface area (Å²) in [6, 6.07) is 5.16. The van der Waals surface area contributed by atoms with Crippen molar-refractivity contribution in [2.75, 3.05) is 0 Å². The maximum Gasteiger partial charge on any atom is 0.297 e. The Morgan fingerprint density at radius 2 is 0.841 bits per heavy atom. The number of nitro groups is 1. The predicted molar refractivity (Wildman–Crippen MR) is 186 cm³/mol. The highest BCUT2D eigenvalue weighted by atomic mass is 32.2. The average Bonchev–Trinajstić information content (AvgIpc) is 3.01. The maximum atomic E-state index is 13.6. The monoisotopic (exact) mass is 637 g/mol. The van der Waals surface area contributed by atoms with Crippen LogP contribution in [0.2, 0.25) is 0 Å². The largest absolute Gasteiger partial charge is 0.297 e. The van der Waals surface area contributed by atoms with Gasteiger partial charge in [-0.2, -0.15) is 8.42 Å². The van der Waals surface area contributed by atoms with Gasteiger partial charge in [0.25, 0.3) is 15.8 Å². The first-order valence-corrected chi connectivity index (χ1v) is 19.9. The van der Waals surface area contributed by atoms with Gasteiger partial charge in [0.05, 0.1) is 15.4 Å². The Bertz CT molecular complexity index is 881. The number of benzene rings is 1. The van der Waals surface area contributed by atoms with Gasteiger partial charge in [0.15, 0.2) is 0 Å². The van der Waals surface area contributed by atoms with Crippen LogP contribution in [0.25, 0.3) is 0 Å². The van der Waals surface area contributed by atoms with E-state index in [0.717, 1.165) is 57.8 Å². The molecular weight excluding hydrogens is 570 g/mol. The van der Waals surface area contributed by atoms with Gasteiger partial charge in [-0.3, -0.25) is 14.3 Å². The summed E-state index contributed by atoms with van der Waals surface area (Å²) >= 11 is 0. The fraction of sp³-hybridized carbons (Fsp3) is 0.838. The first kappa shape index (κ1) is 40.6. The van der Waals surface area contributed by atoms with Crippen LogP contribution in [-0.4, -0.2) is 18.9 Å². The molecule has 1 aromatic carbocycles. The molecule has 256 valence electrons. The number of hydrogen-bond donors (Lipinski definition) is 0. The van der Waals surface area contributed by atoms with Crippen molar-refractivity contribution in [3.63, 3.8) is 0 Å². The van der Waals surface area contributed by atoms with E-state index >= 15 is 0 Å². The van der Waals surface area contributed by atoms with Crippen molar-refractivity contribution in [2.45, 2.75) is 205 Å². The summed E-state index contributed by atoms with van der Waals surface area (Å²) in [5.41, 5.74) is -0.834. The molecule has 0 aromatic heterocycles. The van der Waals surface area contributed by atoms with Crippen LogP contribution in [-0.2, 0) is 14.3 Å². The minimum absolute atomic E-state index is 0.00949. The molecule has 1 aromatic rings. The van der Waals surface area contributed by atoms with Crippen molar-refractivity contribution in [1.29, 1.82) is 0 Å². The van der Waals surface area contributed by atoms with Crippen LogP contribution in [0.1, 0.15) is 194 Å². The van der Waals surface area contributed by atoms with E-state index in [9.17, 15) is 18.5 Å². The lowest BCUT2D eigenvalue weighted by atomic mass is 9.85. The molecule has 0 heterocycles. The second-order valence-electron chi connectivity index (χ2n) is 13.1. The summed E-state index contributed by atoms with van der Waals surface area (Å²) < 4.78 is 33.6. The predicted octanol–water partition coefficient (Wildman–Crippen LogP) is 12.6. The fourth-order valence-electron chi connectivity index (χ4n) is 6.26. The topological polar surface area (TPSA) is 86.5 Å². The van der Waals surface area contributed by atoms with Crippen LogP contribution in [0.5, 0.6) is 0 Å². The lowest BCUT2D eigenvalue weighted by molar-refractivity contribution is -0.384. The second kappa shape index (κ2) is 25.7. The Hall–Kier alpha value is -1.47. The van der Waals surface area contributed by atoms with Gasteiger partial charge in [0.2, 0.25) is 0 Å². The van der Waals surface area contributed by atoms with Gasteiger partial charge in [-0.05, 0) is 31.4 Å². The Morgan fingerprint density at radius 3 is 1.14 bits per heavy atom. The first-order valence-electron chi connectivity index (χ1n) is 18.5. The SMILES string of the molecule is CCCCCCCCCCC(CCCCCCCCCC)(CCCCCCCCCC)OS(=O)(=O)c1ccc([N+](=O)[O-])cc1. The smallest absolute Gasteiger partial charge is 0.260 e. The highest BCUT2D eigenvalue weighted by molar-refractivity contribution is 7.86. The molecule has 0 radical (unpaired) electrons. The number of nitrogens with zero attached hydrogens (tertiary/aromatic N) is 1. The van der Waals surface area contributed by atoms with E-state index in [1.165, 1.54) is 140 Å². The molecule has 0 fully saturated rings. The van der Waals surface area contributed by atoms with Crippen molar-refractivity contribution < 1.29 is 17.5 Å². The minimum Gasteiger partial charge on any atom is -0.260 e. The van der Waals surface area contributed by atoms with Crippen LogP contribution < -0.4 is 0 Å². The van der Waals surface area contributed by atoms with Gasteiger partial charge in [0, 0.05) is 12.1 Å². The van der Waals surface area contributed by atoms with Crippen molar-refractivity contribution in [3.8, 4) is 0 Å².